The van der Waals surface area contributed by atoms with E-state index in [0.717, 1.165) is 53.8 Å². The molecule has 0 radical (unpaired) electrons. The smallest absolute Gasteiger partial charge is 0.233 e. The number of thiazole rings is 1. The fraction of sp³-hybridized carbons (Fsp3) is 0.391. The molecule has 5 nitrogen and oxygen atoms in total. The maximum absolute atomic E-state index is 13.4. The molecule has 1 aromatic heterocycles. The second kappa shape index (κ2) is 10.7. The lowest BCUT2D eigenvalue weighted by Gasteiger charge is -2.29. The summed E-state index contributed by atoms with van der Waals surface area (Å²) < 4.78 is 6.55. The minimum atomic E-state index is 0. The number of aryl methyl sites for hydroxylation is 2. The number of aromatic nitrogens is 1. The third kappa shape index (κ3) is 5.57. The van der Waals surface area contributed by atoms with Crippen LogP contribution in [-0.4, -0.2) is 55.2 Å². The molecule has 0 spiro atoms. The summed E-state index contributed by atoms with van der Waals surface area (Å²) in [6.45, 7) is 8.85. The highest BCUT2D eigenvalue weighted by Crippen LogP contribution is 2.32. The first-order valence-electron chi connectivity index (χ1n) is 10.2. The van der Waals surface area contributed by atoms with Crippen LogP contribution in [0.1, 0.15) is 16.7 Å². The number of anilines is 1. The Morgan fingerprint density at radius 1 is 1.19 bits per heavy atom. The van der Waals surface area contributed by atoms with Crippen LogP contribution in [-0.2, 0) is 16.0 Å². The van der Waals surface area contributed by atoms with Gasteiger partial charge in [-0.3, -0.25) is 14.6 Å². The van der Waals surface area contributed by atoms with Gasteiger partial charge < -0.3 is 4.74 Å². The highest BCUT2D eigenvalue weighted by Gasteiger charge is 2.23. The predicted molar refractivity (Wildman–Crippen MR) is 131 cm³/mol. The first-order valence-corrected chi connectivity index (χ1v) is 11.4. The van der Waals surface area contributed by atoms with Gasteiger partial charge in [0.15, 0.2) is 5.13 Å². The number of fused-ring (bicyclic) bond motifs is 1. The largest absolute Gasteiger partial charge is 0.379 e. The van der Waals surface area contributed by atoms with Gasteiger partial charge in [-0.1, -0.05) is 47.2 Å². The molecule has 0 atom stereocenters. The van der Waals surface area contributed by atoms with E-state index >= 15 is 0 Å². The van der Waals surface area contributed by atoms with Gasteiger partial charge in [0, 0.05) is 31.2 Å². The maximum atomic E-state index is 13.4. The third-order valence-electron chi connectivity index (χ3n) is 5.65. The number of carbonyl (C=O) groups is 1. The molecule has 2 heterocycles. The van der Waals surface area contributed by atoms with E-state index in [1.807, 2.05) is 29.2 Å². The van der Waals surface area contributed by atoms with E-state index in [0.29, 0.717) is 11.6 Å². The highest BCUT2D eigenvalue weighted by molar-refractivity contribution is 7.22. The van der Waals surface area contributed by atoms with Gasteiger partial charge in [0.05, 0.1) is 29.9 Å². The molecule has 31 heavy (non-hydrogen) atoms. The van der Waals surface area contributed by atoms with Crippen molar-refractivity contribution in [1.82, 2.24) is 9.88 Å². The summed E-state index contributed by atoms with van der Waals surface area (Å²) in [4.78, 5) is 22.4. The first-order chi connectivity index (χ1) is 14.5. The molecule has 4 rings (SSSR count). The third-order valence-corrected chi connectivity index (χ3v) is 7.06. The van der Waals surface area contributed by atoms with Crippen LogP contribution in [0.4, 0.5) is 5.13 Å². The zero-order chi connectivity index (χ0) is 21.1. The molecule has 1 saturated heterocycles. The van der Waals surface area contributed by atoms with Crippen LogP contribution in [0.15, 0.2) is 36.4 Å². The van der Waals surface area contributed by atoms with Crippen molar-refractivity contribution in [2.45, 2.75) is 20.3 Å². The van der Waals surface area contributed by atoms with E-state index in [4.69, 9.17) is 21.3 Å². The minimum absolute atomic E-state index is 0. The van der Waals surface area contributed by atoms with Crippen molar-refractivity contribution >= 4 is 56.6 Å². The average Bonchev–Trinajstić information content (AvgIpc) is 3.18. The number of halogens is 2. The molecule has 1 aliphatic heterocycles. The lowest BCUT2D eigenvalue weighted by molar-refractivity contribution is -0.118. The summed E-state index contributed by atoms with van der Waals surface area (Å²) >= 11 is 7.89. The lowest BCUT2D eigenvalue weighted by Crippen LogP contribution is -2.43. The van der Waals surface area contributed by atoms with Gasteiger partial charge in [0.2, 0.25) is 5.91 Å². The summed E-state index contributed by atoms with van der Waals surface area (Å²) in [5.41, 5.74) is 4.20. The SMILES string of the molecule is Cc1ccc2sc(N(CCN3CCOCC3)C(=O)Cc3ccccc3Cl)nc2c1C.Cl. The molecule has 2 aromatic carbocycles. The summed E-state index contributed by atoms with van der Waals surface area (Å²) in [5.74, 6) is 0.0183. The van der Waals surface area contributed by atoms with E-state index in [-0.39, 0.29) is 24.7 Å². The summed E-state index contributed by atoms with van der Waals surface area (Å²) in [6.07, 6.45) is 0.261. The van der Waals surface area contributed by atoms with E-state index in [2.05, 4.69) is 30.9 Å². The second-order valence-corrected chi connectivity index (χ2v) is 9.03. The van der Waals surface area contributed by atoms with Gasteiger partial charge >= 0.3 is 0 Å². The van der Waals surface area contributed by atoms with Crippen LogP contribution in [0.25, 0.3) is 10.2 Å². The average molecular weight is 480 g/mol. The van der Waals surface area contributed by atoms with Gasteiger partial charge in [0.1, 0.15) is 0 Å². The highest BCUT2D eigenvalue weighted by atomic mass is 35.5. The Bertz CT molecular complexity index is 1050. The molecular weight excluding hydrogens is 453 g/mol. The van der Waals surface area contributed by atoms with Gasteiger partial charge in [-0.25, -0.2) is 4.98 Å². The Morgan fingerprint density at radius 2 is 1.94 bits per heavy atom. The van der Waals surface area contributed by atoms with Crippen LogP contribution in [0, 0.1) is 13.8 Å². The van der Waals surface area contributed by atoms with E-state index in [1.54, 1.807) is 11.3 Å². The van der Waals surface area contributed by atoms with Crippen LogP contribution in [0.2, 0.25) is 5.02 Å². The Kier molecular flexibility index (Phi) is 8.30. The van der Waals surface area contributed by atoms with Crippen molar-refractivity contribution in [2.24, 2.45) is 0 Å². The van der Waals surface area contributed by atoms with Gasteiger partial charge in [-0.15, -0.1) is 12.4 Å². The molecule has 3 aromatic rings. The number of carbonyl (C=O) groups excluding carboxylic acids is 1. The van der Waals surface area contributed by atoms with Crippen molar-refractivity contribution in [3.63, 3.8) is 0 Å². The normalized spacial score (nSPS) is 14.4. The topological polar surface area (TPSA) is 45.7 Å². The Labute approximate surface area is 198 Å². The van der Waals surface area contributed by atoms with Crippen LogP contribution < -0.4 is 4.90 Å². The predicted octanol–water partition coefficient (Wildman–Crippen LogP) is 4.90. The van der Waals surface area contributed by atoms with E-state index in [1.165, 1.54) is 11.1 Å². The molecule has 1 fully saturated rings. The molecule has 8 heteroatoms. The first kappa shape index (κ1) is 24.0. The molecule has 0 aliphatic carbocycles. The zero-order valence-electron chi connectivity index (χ0n) is 17.8. The van der Waals surface area contributed by atoms with E-state index in [9.17, 15) is 4.79 Å². The zero-order valence-corrected chi connectivity index (χ0v) is 20.2. The summed E-state index contributed by atoms with van der Waals surface area (Å²) in [5, 5.41) is 1.37. The molecule has 1 amide bonds. The molecular formula is C23H27Cl2N3O2S. The second-order valence-electron chi connectivity index (χ2n) is 7.62. The van der Waals surface area contributed by atoms with Crippen molar-refractivity contribution in [2.75, 3.05) is 44.3 Å². The number of hydrogen-bond acceptors (Lipinski definition) is 5. The molecule has 0 saturated carbocycles. The number of hydrogen-bond donors (Lipinski definition) is 0. The van der Waals surface area contributed by atoms with Crippen LogP contribution in [0.3, 0.4) is 0 Å². The fourth-order valence-electron chi connectivity index (χ4n) is 3.62. The lowest BCUT2D eigenvalue weighted by atomic mass is 10.1. The summed E-state index contributed by atoms with van der Waals surface area (Å²) in [6, 6.07) is 11.7. The van der Waals surface area contributed by atoms with Gasteiger partial charge in [0.25, 0.3) is 0 Å². The molecule has 0 bridgehead atoms. The van der Waals surface area contributed by atoms with Crippen LogP contribution in [0.5, 0.6) is 0 Å². The van der Waals surface area contributed by atoms with Crippen LogP contribution >= 0.6 is 35.3 Å². The van der Waals surface area contributed by atoms with Gasteiger partial charge in [-0.05, 0) is 42.7 Å². The molecule has 0 N–H and O–H groups in total. The fourth-order valence-corrected chi connectivity index (χ4v) is 4.89. The quantitative estimate of drug-likeness (QED) is 0.504. The van der Waals surface area contributed by atoms with Crippen molar-refractivity contribution in [1.29, 1.82) is 0 Å². The molecule has 0 unspecified atom stereocenters. The molecule has 1 aliphatic rings. The number of amides is 1. The number of benzene rings is 2. The number of nitrogens with zero attached hydrogens (tertiary/aromatic N) is 3. The monoisotopic (exact) mass is 479 g/mol. The number of ether oxygens (including phenoxy) is 1. The number of morpholine rings is 1. The Morgan fingerprint density at radius 3 is 2.68 bits per heavy atom. The Balaban J connectivity index is 0.00000272. The van der Waals surface area contributed by atoms with Crippen molar-refractivity contribution in [3.8, 4) is 0 Å². The van der Waals surface area contributed by atoms with Crippen molar-refractivity contribution in [3.05, 3.63) is 58.1 Å². The Hall–Kier alpha value is -1.70. The van der Waals surface area contributed by atoms with Gasteiger partial charge in [-0.2, -0.15) is 0 Å². The minimum Gasteiger partial charge on any atom is -0.379 e. The van der Waals surface area contributed by atoms with E-state index < -0.39 is 0 Å². The standard InChI is InChI=1S/C23H26ClN3O2S.ClH/c1-16-7-8-20-22(17(16)2)25-23(30-20)27(10-9-26-11-13-29-14-12-26)21(28)15-18-5-3-4-6-19(18)24;/h3-8H,9-15H2,1-2H3;1H. The number of rotatable bonds is 6. The van der Waals surface area contributed by atoms with Crippen molar-refractivity contribution < 1.29 is 9.53 Å². The summed E-state index contributed by atoms with van der Waals surface area (Å²) in [7, 11) is 0. The maximum Gasteiger partial charge on any atom is 0.233 e. The molecule has 166 valence electrons.